The van der Waals surface area contributed by atoms with Crippen molar-refractivity contribution in [3.05, 3.63) is 33.9 Å². The molecule has 0 radical (unpaired) electrons. The number of likely N-dealkylation sites (tertiary alicyclic amines) is 1. The molecule has 1 aliphatic rings. The molecular formula is C23H39F2N3O4. The van der Waals surface area contributed by atoms with Crippen molar-refractivity contribution in [3.8, 4) is 0 Å². The maximum atomic E-state index is 14.1. The first-order chi connectivity index (χ1) is 14.9. The number of hydrogen-bond acceptors (Lipinski definition) is 5. The van der Waals surface area contributed by atoms with Crippen LogP contribution in [-0.2, 0) is 4.74 Å². The van der Waals surface area contributed by atoms with Gasteiger partial charge in [0.05, 0.1) is 4.92 Å². The zero-order valence-corrected chi connectivity index (χ0v) is 20.8. The highest BCUT2D eigenvalue weighted by Crippen LogP contribution is 2.33. The van der Waals surface area contributed by atoms with Gasteiger partial charge in [-0.15, -0.1) is 0 Å². The van der Waals surface area contributed by atoms with Crippen molar-refractivity contribution in [3.63, 3.8) is 0 Å². The Labute approximate surface area is 190 Å². The lowest BCUT2D eigenvalue weighted by molar-refractivity contribution is -0.384. The summed E-state index contributed by atoms with van der Waals surface area (Å²) >= 11 is 0. The van der Waals surface area contributed by atoms with Gasteiger partial charge in [0.25, 0.3) is 5.69 Å². The molecule has 1 aromatic carbocycles. The first kappa shape index (κ1) is 29.5. The van der Waals surface area contributed by atoms with E-state index >= 15 is 0 Å². The van der Waals surface area contributed by atoms with E-state index in [9.17, 15) is 23.7 Å². The van der Waals surface area contributed by atoms with Crippen LogP contribution in [0.25, 0.3) is 0 Å². The Kier molecular flexibility index (Phi) is 12.2. The van der Waals surface area contributed by atoms with Crippen molar-refractivity contribution in [2.75, 3.05) is 5.32 Å². The molecule has 0 aliphatic carbocycles. The molecule has 1 N–H and O–H groups in total. The molecule has 1 saturated heterocycles. The van der Waals surface area contributed by atoms with E-state index in [0.717, 1.165) is 25.0 Å². The largest absolute Gasteiger partial charge is 0.444 e. The number of nitro groups is 1. The predicted octanol–water partition coefficient (Wildman–Crippen LogP) is 6.90. The van der Waals surface area contributed by atoms with Gasteiger partial charge in [0, 0.05) is 24.2 Å². The van der Waals surface area contributed by atoms with Crippen molar-refractivity contribution < 1.29 is 23.2 Å². The summed E-state index contributed by atoms with van der Waals surface area (Å²) in [5.74, 6) is -2.45. The number of nitro benzene ring substituents is 1. The summed E-state index contributed by atoms with van der Waals surface area (Å²) in [7, 11) is 0. The Balaban J connectivity index is 0.00000227. The molecule has 1 aromatic rings. The second kappa shape index (κ2) is 13.2. The minimum Gasteiger partial charge on any atom is -0.444 e. The van der Waals surface area contributed by atoms with Gasteiger partial charge < -0.3 is 15.0 Å². The third-order valence-electron chi connectivity index (χ3n) is 4.68. The standard InChI is InChI=1S/C19H27F2N3O4.2C2H6/c1-11(22-17-15(24(26)27)9-8-14(20)16(17)21)10-13-7-6-12(2)23(13)18(25)28-19(3,4)5;2*1-2/h8-9,11-13,22H,6-7,10H2,1-5H3;2*1-2H3. The average Bonchev–Trinajstić information content (AvgIpc) is 3.07. The van der Waals surface area contributed by atoms with Crippen LogP contribution < -0.4 is 5.32 Å². The molecule has 0 aromatic heterocycles. The van der Waals surface area contributed by atoms with E-state index in [4.69, 9.17) is 4.74 Å². The number of rotatable bonds is 5. The molecule has 7 nitrogen and oxygen atoms in total. The Morgan fingerprint density at radius 1 is 1.25 bits per heavy atom. The summed E-state index contributed by atoms with van der Waals surface area (Å²) in [6.45, 7) is 17.0. The monoisotopic (exact) mass is 459 g/mol. The van der Waals surface area contributed by atoms with Gasteiger partial charge in [-0.05, 0) is 59.9 Å². The molecule has 9 heteroatoms. The van der Waals surface area contributed by atoms with Gasteiger partial charge in [0.1, 0.15) is 5.60 Å². The van der Waals surface area contributed by atoms with Gasteiger partial charge in [-0.25, -0.2) is 13.6 Å². The summed E-state index contributed by atoms with van der Waals surface area (Å²) in [5, 5.41) is 13.9. The first-order valence-electron chi connectivity index (χ1n) is 11.3. The number of anilines is 1. The number of amides is 1. The van der Waals surface area contributed by atoms with Crippen LogP contribution in [0.2, 0.25) is 0 Å². The number of benzene rings is 1. The minimum absolute atomic E-state index is 0.00714. The van der Waals surface area contributed by atoms with Crippen LogP contribution >= 0.6 is 0 Å². The lowest BCUT2D eigenvalue weighted by atomic mass is 10.1. The molecular weight excluding hydrogens is 420 g/mol. The van der Waals surface area contributed by atoms with Crippen LogP contribution in [0.15, 0.2) is 12.1 Å². The van der Waals surface area contributed by atoms with E-state index in [1.165, 1.54) is 0 Å². The number of nitrogens with zero attached hydrogens (tertiary/aromatic N) is 2. The summed E-state index contributed by atoms with van der Waals surface area (Å²) < 4.78 is 33.1. The van der Waals surface area contributed by atoms with Crippen LogP contribution in [0.3, 0.4) is 0 Å². The maximum Gasteiger partial charge on any atom is 0.410 e. The van der Waals surface area contributed by atoms with Gasteiger partial charge in [-0.3, -0.25) is 10.1 Å². The van der Waals surface area contributed by atoms with E-state index in [-0.39, 0.29) is 12.1 Å². The third-order valence-corrected chi connectivity index (χ3v) is 4.68. The van der Waals surface area contributed by atoms with Crippen LogP contribution in [0, 0.1) is 21.7 Å². The predicted molar refractivity (Wildman–Crippen MR) is 124 cm³/mol. The summed E-state index contributed by atoms with van der Waals surface area (Å²) in [6, 6.07) is 1.05. The van der Waals surface area contributed by atoms with Gasteiger partial charge in [-0.1, -0.05) is 27.7 Å². The number of carbonyl (C=O) groups excluding carboxylic acids is 1. The van der Waals surface area contributed by atoms with Crippen LogP contribution in [-0.4, -0.2) is 39.6 Å². The lowest BCUT2D eigenvalue weighted by Crippen LogP contribution is -2.44. The van der Waals surface area contributed by atoms with Crippen LogP contribution in [0.5, 0.6) is 0 Å². The number of ether oxygens (including phenoxy) is 1. The summed E-state index contributed by atoms with van der Waals surface area (Å²) in [5.41, 5.74) is -1.64. The highest BCUT2D eigenvalue weighted by atomic mass is 19.2. The van der Waals surface area contributed by atoms with Crippen molar-refractivity contribution in [1.29, 1.82) is 0 Å². The van der Waals surface area contributed by atoms with E-state index in [1.54, 1.807) is 32.6 Å². The smallest absolute Gasteiger partial charge is 0.410 e. The number of hydrogen-bond donors (Lipinski definition) is 1. The third kappa shape index (κ3) is 8.24. The Morgan fingerprint density at radius 2 is 1.81 bits per heavy atom. The molecule has 1 amide bonds. The van der Waals surface area contributed by atoms with E-state index < -0.39 is 45.7 Å². The Morgan fingerprint density at radius 3 is 2.31 bits per heavy atom. The fraction of sp³-hybridized carbons (Fsp3) is 0.696. The molecule has 1 fully saturated rings. The highest BCUT2D eigenvalue weighted by molar-refractivity contribution is 5.69. The minimum atomic E-state index is -1.29. The second-order valence-electron chi connectivity index (χ2n) is 8.26. The summed E-state index contributed by atoms with van der Waals surface area (Å²) in [4.78, 5) is 24.6. The van der Waals surface area contributed by atoms with Crippen LogP contribution in [0.4, 0.5) is 25.0 Å². The maximum absolute atomic E-state index is 14.1. The molecule has 3 unspecified atom stereocenters. The molecule has 32 heavy (non-hydrogen) atoms. The normalized spacial score (nSPS) is 18.5. The topological polar surface area (TPSA) is 84.7 Å². The molecule has 0 bridgehead atoms. The van der Waals surface area contributed by atoms with Crippen molar-refractivity contribution >= 4 is 17.5 Å². The van der Waals surface area contributed by atoms with Gasteiger partial charge in [0.2, 0.25) is 0 Å². The fourth-order valence-electron chi connectivity index (χ4n) is 3.49. The Bertz CT molecular complexity index is 753. The molecule has 1 aliphatic heterocycles. The fourth-order valence-corrected chi connectivity index (χ4v) is 3.49. The van der Waals surface area contributed by atoms with Gasteiger partial charge in [-0.2, -0.15) is 0 Å². The number of carbonyl (C=O) groups is 1. The first-order valence-corrected chi connectivity index (χ1v) is 11.3. The zero-order valence-electron chi connectivity index (χ0n) is 20.8. The molecule has 0 saturated carbocycles. The number of nitrogens with one attached hydrogen (secondary N) is 1. The quantitative estimate of drug-likeness (QED) is 0.382. The molecule has 2 rings (SSSR count). The highest BCUT2D eigenvalue weighted by Gasteiger charge is 2.38. The van der Waals surface area contributed by atoms with Crippen molar-refractivity contribution in [2.45, 2.75) is 105 Å². The number of halogens is 2. The Hall–Kier alpha value is -2.45. The van der Waals surface area contributed by atoms with Gasteiger partial charge >= 0.3 is 6.09 Å². The van der Waals surface area contributed by atoms with Crippen molar-refractivity contribution in [2.24, 2.45) is 0 Å². The molecule has 184 valence electrons. The van der Waals surface area contributed by atoms with E-state index in [2.05, 4.69) is 5.32 Å². The van der Waals surface area contributed by atoms with E-state index in [1.807, 2.05) is 34.6 Å². The van der Waals surface area contributed by atoms with Gasteiger partial charge in [0.15, 0.2) is 17.3 Å². The summed E-state index contributed by atoms with van der Waals surface area (Å²) in [6.07, 6.45) is 1.53. The lowest BCUT2D eigenvalue weighted by Gasteiger charge is -2.32. The SMILES string of the molecule is CC.CC.CC(CC1CCC(C)N1C(=O)OC(C)(C)C)Nc1c([N+](=O)[O-])ccc(F)c1F. The van der Waals surface area contributed by atoms with Crippen molar-refractivity contribution in [1.82, 2.24) is 4.90 Å². The zero-order chi connectivity index (χ0) is 25.2. The molecule has 3 atom stereocenters. The molecule has 1 heterocycles. The van der Waals surface area contributed by atoms with E-state index in [0.29, 0.717) is 6.42 Å². The second-order valence-corrected chi connectivity index (χ2v) is 8.26. The average molecular weight is 460 g/mol. The van der Waals surface area contributed by atoms with Crippen LogP contribution in [0.1, 0.15) is 81.6 Å². The molecule has 0 spiro atoms.